The van der Waals surface area contributed by atoms with Gasteiger partial charge in [-0.05, 0) is 19.8 Å². The summed E-state index contributed by atoms with van der Waals surface area (Å²) in [4.78, 5) is 14.0. The van der Waals surface area contributed by atoms with E-state index in [1.165, 1.54) is 28.3 Å². The van der Waals surface area contributed by atoms with Crippen molar-refractivity contribution in [1.29, 1.82) is 0 Å². The van der Waals surface area contributed by atoms with Gasteiger partial charge in [0.1, 0.15) is 0 Å². The Morgan fingerprint density at radius 2 is 2.25 bits per heavy atom. The molecule has 2 rings (SSSR count). The van der Waals surface area contributed by atoms with Crippen molar-refractivity contribution in [3.8, 4) is 0 Å². The molecule has 20 heavy (non-hydrogen) atoms. The topological polar surface area (TPSA) is 84.6 Å². The minimum Gasteiger partial charge on any atom is -0.255 e. The average molecular weight is 319 g/mol. The lowest BCUT2D eigenvalue weighted by Gasteiger charge is -2.34. The fourth-order valence-electron chi connectivity index (χ4n) is 2.48. The summed E-state index contributed by atoms with van der Waals surface area (Å²) in [6.45, 7) is 2.08. The molecular formula is C11H15ClN4O3S. The molecule has 9 heteroatoms. The highest BCUT2D eigenvalue weighted by atomic mass is 35.5. The summed E-state index contributed by atoms with van der Waals surface area (Å²) in [6.07, 6.45) is 3.82. The largest absolute Gasteiger partial charge is 0.261 e. The van der Waals surface area contributed by atoms with Crippen LogP contribution in [0.2, 0.25) is 5.02 Å². The highest BCUT2D eigenvalue weighted by Crippen LogP contribution is 2.29. The van der Waals surface area contributed by atoms with E-state index in [1.807, 2.05) is 0 Å². The number of aryl methyl sites for hydroxylation is 1. The lowest BCUT2D eigenvalue weighted by molar-refractivity contribution is 0.246. The fraction of sp³-hybridized carbons (Fsp3) is 0.636. The van der Waals surface area contributed by atoms with E-state index in [0.29, 0.717) is 19.4 Å². The first-order chi connectivity index (χ1) is 9.37. The molecular weight excluding hydrogens is 304 g/mol. The number of hydrogen-bond acceptors (Lipinski definition) is 5. The second kappa shape index (κ2) is 5.65. The smallest absolute Gasteiger partial charge is 0.255 e. The first-order valence-corrected chi connectivity index (χ1v) is 7.96. The molecule has 1 aliphatic heterocycles. The van der Waals surface area contributed by atoms with Gasteiger partial charge in [-0.3, -0.25) is 4.68 Å². The van der Waals surface area contributed by atoms with Crippen molar-refractivity contribution in [2.75, 3.05) is 6.54 Å². The Morgan fingerprint density at radius 1 is 1.55 bits per heavy atom. The van der Waals surface area contributed by atoms with Crippen molar-refractivity contribution in [2.45, 2.75) is 36.9 Å². The maximum atomic E-state index is 12.6. The van der Waals surface area contributed by atoms with Crippen molar-refractivity contribution in [3.05, 3.63) is 11.2 Å². The molecule has 110 valence electrons. The molecule has 0 amide bonds. The van der Waals surface area contributed by atoms with Crippen molar-refractivity contribution < 1.29 is 13.2 Å². The number of aliphatic imine (C=N–C) groups is 1. The molecule has 0 saturated carbocycles. The molecule has 0 aromatic carbocycles. The van der Waals surface area contributed by atoms with Crippen LogP contribution in [0, 0.1) is 0 Å². The maximum Gasteiger partial charge on any atom is 0.261 e. The quantitative estimate of drug-likeness (QED) is 0.613. The summed E-state index contributed by atoms with van der Waals surface area (Å²) < 4.78 is 27.9. The lowest BCUT2D eigenvalue weighted by Crippen LogP contribution is -2.46. The normalized spacial score (nSPS) is 24.4. The number of isocyanates is 1. The van der Waals surface area contributed by atoms with E-state index in [0.717, 1.165) is 0 Å². The van der Waals surface area contributed by atoms with Gasteiger partial charge in [-0.15, -0.1) is 0 Å². The van der Waals surface area contributed by atoms with E-state index in [2.05, 4.69) is 10.1 Å². The van der Waals surface area contributed by atoms with E-state index < -0.39 is 10.0 Å². The second-order valence-corrected chi connectivity index (χ2v) is 7.00. The highest BCUT2D eigenvalue weighted by Gasteiger charge is 2.37. The average Bonchev–Trinajstić information content (AvgIpc) is 2.69. The fourth-order valence-corrected chi connectivity index (χ4v) is 4.74. The number of piperidine rings is 1. The molecule has 0 bridgehead atoms. The summed E-state index contributed by atoms with van der Waals surface area (Å²) in [5.41, 5.74) is 0. The lowest BCUT2D eigenvalue weighted by atomic mass is 10.0. The van der Waals surface area contributed by atoms with Crippen LogP contribution in [0.25, 0.3) is 0 Å². The number of hydrogen-bond donors (Lipinski definition) is 0. The van der Waals surface area contributed by atoms with E-state index in [-0.39, 0.29) is 22.1 Å². The SMILES string of the molecule is CC1CC(N=C=O)CCN1S(=O)(=O)c1c(Cl)cnn1C. The van der Waals surface area contributed by atoms with Gasteiger partial charge in [-0.1, -0.05) is 11.6 Å². The summed E-state index contributed by atoms with van der Waals surface area (Å²) >= 11 is 5.92. The monoisotopic (exact) mass is 318 g/mol. The minimum absolute atomic E-state index is 0.0108. The molecule has 1 aromatic rings. The number of rotatable bonds is 3. The van der Waals surface area contributed by atoms with Crippen molar-refractivity contribution in [2.24, 2.45) is 12.0 Å². The number of aromatic nitrogens is 2. The number of carbonyl (C=O) groups excluding carboxylic acids is 1. The summed E-state index contributed by atoms with van der Waals surface area (Å²) in [7, 11) is -2.17. The number of nitrogens with zero attached hydrogens (tertiary/aromatic N) is 4. The zero-order valence-electron chi connectivity index (χ0n) is 11.2. The zero-order valence-corrected chi connectivity index (χ0v) is 12.7. The van der Waals surface area contributed by atoms with E-state index in [9.17, 15) is 13.2 Å². The molecule has 1 aliphatic rings. The van der Waals surface area contributed by atoms with Crippen LogP contribution in [0.3, 0.4) is 0 Å². The van der Waals surface area contributed by atoms with Crippen LogP contribution in [0.5, 0.6) is 0 Å². The predicted octanol–water partition coefficient (Wildman–Crippen LogP) is 0.951. The number of sulfonamides is 1. The van der Waals surface area contributed by atoms with Gasteiger partial charge in [0.05, 0.1) is 17.3 Å². The van der Waals surface area contributed by atoms with Crippen LogP contribution in [-0.2, 0) is 21.9 Å². The molecule has 0 aliphatic carbocycles. The predicted molar refractivity (Wildman–Crippen MR) is 72.7 cm³/mol. The molecule has 7 nitrogen and oxygen atoms in total. The molecule has 0 N–H and O–H groups in total. The van der Waals surface area contributed by atoms with Crippen LogP contribution in [0.1, 0.15) is 19.8 Å². The van der Waals surface area contributed by atoms with Crippen molar-refractivity contribution >= 4 is 27.7 Å². The molecule has 1 aromatic heterocycles. The van der Waals surface area contributed by atoms with Crippen molar-refractivity contribution in [1.82, 2.24) is 14.1 Å². The standard InChI is InChI=1S/C11H15ClN4O3S/c1-8-5-9(13-7-17)3-4-16(8)20(18,19)11-10(12)6-14-15(11)2/h6,8-9H,3-5H2,1-2H3. The van der Waals surface area contributed by atoms with E-state index in [4.69, 9.17) is 11.6 Å². The molecule has 2 heterocycles. The molecule has 1 saturated heterocycles. The Kier molecular flexibility index (Phi) is 4.29. The van der Waals surface area contributed by atoms with Crippen molar-refractivity contribution in [3.63, 3.8) is 0 Å². The third kappa shape index (κ3) is 2.64. The zero-order chi connectivity index (χ0) is 14.9. The summed E-state index contributed by atoms with van der Waals surface area (Å²) in [5, 5.41) is 3.95. The molecule has 2 unspecified atom stereocenters. The number of halogens is 1. The van der Waals surface area contributed by atoms with Crippen LogP contribution >= 0.6 is 11.6 Å². The van der Waals surface area contributed by atoms with E-state index in [1.54, 1.807) is 6.92 Å². The second-order valence-electron chi connectivity index (χ2n) is 4.78. The summed E-state index contributed by atoms with van der Waals surface area (Å²) in [5.74, 6) is 0. The van der Waals surface area contributed by atoms with Crippen LogP contribution < -0.4 is 0 Å². The minimum atomic E-state index is -3.71. The van der Waals surface area contributed by atoms with Gasteiger partial charge in [0, 0.05) is 19.6 Å². The van der Waals surface area contributed by atoms with Crippen LogP contribution in [0.4, 0.5) is 0 Å². The van der Waals surface area contributed by atoms with Crippen LogP contribution in [0.15, 0.2) is 16.2 Å². The third-order valence-corrected chi connectivity index (χ3v) is 5.94. The first-order valence-electron chi connectivity index (χ1n) is 6.14. The van der Waals surface area contributed by atoms with Gasteiger partial charge in [-0.2, -0.15) is 9.40 Å². The Bertz CT molecular complexity index is 631. The molecule has 1 fully saturated rings. The Morgan fingerprint density at radius 3 is 2.75 bits per heavy atom. The molecule has 0 radical (unpaired) electrons. The van der Waals surface area contributed by atoms with E-state index >= 15 is 0 Å². The van der Waals surface area contributed by atoms with Gasteiger partial charge in [-0.25, -0.2) is 18.2 Å². The summed E-state index contributed by atoms with van der Waals surface area (Å²) in [6, 6.07) is -0.433. The Hall–Kier alpha value is -1.21. The van der Waals surface area contributed by atoms with Gasteiger partial charge in [0.2, 0.25) is 6.08 Å². The van der Waals surface area contributed by atoms with Gasteiger partial charge >= 0.3 is 0 Å². The van der Waals surface area contributed by atoms with Gasteiger partial charge in [0.25, 0.3) is 10.0 Å². The third-order valence-electron chi connectivity index (χ3n) is 3.42. The van der Waals surface area contributed by atoms with Crippen LogP contribution in [-0.4, -0.2) is 47.2 Å². The maximum absolute atomic E-state index is 12.6. The first kappa shape index (κ1) is 15.2. The molecule has 2 atom stereocenters. The Labute approximate surface area is 122 Å². The molecule has 0 spiro atoms. The van der Waals surface area contributed by atoms with Gasteiger partial charge in [0.15, 0.2) is 5.03 Å². The van der Waals surface area contributed by atoms with Gasteiger partial charge < -0.3 is 0 Å². The highest BCUT2D eigenvalue weighted by molar-refractivity contribution is 7.89. The Balaban J connectivity index is 2.30.